The van der Waals surface area contributed by atoms with Gasteiger partial charge in [0.2, 0.25) is 0 Å². The summed E-state index contributed by atoms with van der Waals surface area (Å²) in [5, 5.41) is 11.9. The van der Waals surface area contributed by atoms with Crippen LogP contribution >= 0.6 is 0 Å². The molecule has 1 rings (SSSR count). The number of benzene rings is 1. The minimum Gasteiger partial charge on any atom is -0.397 e. The average Bonchev–Trinajstić information content (AvgIpc) is 2.35. The molecule has 3 N–H and O–H groups in total. The standard InChI is InChI=1S/C12H17N3O2/c1-16-6-7-17-5-4-15-12-8-10(9-13)2-3-11(12)14/h2-3,8,15H,4-7,14H2,1H3. The van der Waals surface area contributed by atoms with Crippen molar-refractivity contribution >= 4 is 11.4 Å². The van der Waals surface area contributed by atoms with Crippen LogP contribution in [0.1, 0.15) is 5.56 Å². The van der Waals surface area contributed by atoms with Crippen LogP contribution in [0.5, 0.6) is 0 Å². The monoisotopic (exact) mass is 235 g/mol. The predicted molar refractivity (Wildman–Crippen MR) is 66.8 cm³/mol. The van der Waals surface area contributed by atoms with Crippen LogP contribution in [0.15, 0.2) is 18.2 Å². The van der Waals surface area contributed by atoms with Crippen molar-refractivity contribution in [3.05, 3.63) is 23.8 Å². The van der Waals surface area contributed by atoms with Crippen molar-refractivity contribution in [3.8, 4) is 6.07 Å². The third kappa shape index (κ3) is 4.72. The molecule has 92 valence electrons. The lowest BCUT2D eigenvalue weighted by Crippen LogP contribution is -2.12. The molecule has 17 heavy (non-hydrogen) atoms. The molecule has 0 amide bonds. The Morgan fingerprint density at radius 1 is 1.35 bits per heavy atom. The van der Waals surface area contributed by atoms with Gasteiger partial charge in [0.15, 0.2) is 0 Å². The summed E-state index contributed by atoms with van der Waals surface area (Å²) in [6, 6.07) is 7.20. The number of hydrogen-bond donors (Lipinski definition) is 2. The number of anilines is 2. The van der Waals surface area contributed by atoms with Gasteiger partial charge in [-0.15, -0.1) is 0 Å². The first-order chi connectivity index (χ1) is 8.27. The summed E-state index contributed by atoms with van der Waals surface area (Å²) in [7, 11) is 1.63. The highest BCUT2D eigenvalue weighted by Crippen LogP contribution is 2.19. The molecule has 0 aliphatic heterocycles. The Balaban J connectivity index is 2.33. The second-order valence-electron chi connectivity index (χ2n) is 3.45. The van der Waals surface area contributed by atoms with E-state index in [2.05, 4.69) is 11.4 Å². The fourth-order valence-corrected chi connectivity index (χ4v) is 1.28. The van der Waals surface area contributed by atoms with Gasteiger partial charge >= 0.3 is 0 Å². The molecule has 0 aliphatic rings. The molecule has 1 aromatic carbocycles. The number of methoxy groups -OCH3 is 1. The fraction of sp³-hybridized carbons (Fsp3) is 0.417. The van der Waals surface area contributed by atoms with Gasteiger partial charge in [-0.1, -0.05) is 0 Å². The van der Waals surface area contributed by atoms with Gasteiger partial charge in [0.1, 0.15) is 0 Å². The van der Waals surface area contributed by atoms with E-state index in [-0.39, 0.29) is 0 Å². The SMILES string of the molecule is COCCOCCNc1cc(C#N)ccc1N. The summed E-state index contributed by atoms with van der Waals surface area (Å²) in [4.78, 5) is 0. The molecule has 5 nitrogen and oxygen atoms in total. The molecule has 0 atom stereocenters. The number of hydrogen-bond acceptors (Lipinski definition) is 5. The lowest BCUT2D eigenvalue weighted by atomic mass is 10.2. The summed E-state index contributed by atoms with van der Waals surface area (Å²) in [5.74, 6) is 0. The Morgan fingerprint density at radius 2 is 2.18 bits per heavy atom. The summed E-state index contributed by atoms with van der Waals surface area (Å²) in [6.07, 6.45) is 0. The molecule has 0 heterocycles. The van der Waals surface area contributed by atoms with Crippen molar-refractivity contribution in [3.63, 3.8) is 0 Å². The lowest BCUT2D eigenvalue weighted by Gasteiger charge is -2.09. The van der Waals surface area contributed by atoms with E-state index in [0.717, 1.165) is 5.69 Å². The molecule has 0 unspecified atom stereocenters. The van der Waals surface area contributed by atoms with Gasteiger partial charge in [-0.25, -0.2) is 0 Å². The lowest BCUT2D eigenvalue weighted by molar-refractivity contribution is 0.0759. The third-order valence-corrected chi connectivity index (χ3v) is 2.18. The van der Waals surface area contributed by atoms with E-state index in [4.69, 9.17) is 20.5 Å². The molecule has 0 aromatic heterocycles. The van der Waals surface area contributed by atoms with Crippen LogP contribution in [0.2, 0.25) is 0 Å². The average molecular weight is 235 g/mol. The van der Waals surface area contributed by atoms with Crippen molar-refractivity contribution in [1.29, 1.82) is 5.26 Å². The molecule has 0 aliphatic carbocycles. The maximum absolute atomic E-state index is 8.76. The zero-order chi connectivity index (χ0) is 12.5. The Kier molecular flexibility index (Phi) is 5.86. The molecular formula is C12H17N3O2. The topological polar surface area (TPSA) is 80.3 Å². The predicted octanol–water partition coefficient (Wildman–Crippen LogP) is 1.22. The first kappa shape index (κ1) is 13.3. The minimum atomic E-state index is 0.569. The van der Waals surface area contributed by atoms with E-state index >= 15 is 0 Å². The van der Waals surface area contributed by atoms with Crippen LogP contribution in [0, 0.1) is 11.3 Å². The number of ether oxygens (including phenoxy) is 2. The molecule has 0 fully saturated rings. The zero-order valence-corrected chi connectivity index (χ0v) is 9.90. The van der Waals surface area contributed by atoms with Gasteiger partial charge < -0.3 is 20.5 Å². The maximum atomic E-state index is 8.76. The number of nitrogen functional groups attached to an aromatic ring is 1. The molecule has 0 spiro atoms. The van der Waals surface area contributed by atoms with Crippen molar-refractivity contribution in [2.24, 2.45) is 0 Å². The molecule has 0 bridgehead atoms. The van der Waals surface area contributed by atoms with Gasteiger partial charge in [0.25, 0.3) is 0 Å². The summed E-state index contributed by atoms with van der Waals surface area (Å²) in [5.41, 5.74) is 7.75. The number of nitrogens with one attached hydrogen (secondary N) is 1. The quantitative estimate of drug-likeness (QED) is 0.548. The molecule has 0 saturated carbocycles. The highest BCUT2D eigenvalue weighted by molar-refractivity contribution is 5.68. The first-order valence-corrected chi connectivity index (χ1v) is 5.38. The molecule has 1 aromatic rings. The van der Waals surface area contributed by atoms with Crippen LogP contribution in [0.4, 0.5) is 11.4 Å². The van der Waals surface area contributed by atoms with E-state index < -0.39 is 0 Å². The number of nitriles is 1. The number of rotatable bonds is 7. The second kappa shape index (κ2) is 7.49. The highest BCUT2D eigenvalue weighted by Gasteiger charge is 2.00. The van der Waals surface area contributed by atoms with Crippen molar-refractivity contribution in [2.45, 2.75) is 0 Å². The second-order valence-corrected chi connectivity index (χ2v) is 3.45. The smallest absolute Gasteiger partial charge is 0.0992 e. The van der Waals surface area contributed by atoms with Crippen LogP contribution in [0.25, 0.3) is 0 Å². The van der Waals surface area contributed by atoms with E-state index in [1.165, 1.54) is 0 Å². The van der Waals surface area contributed by atoms with Gasteiger partial charge in [-0.2, -0.15) is 5.26 Å². The van der Waals surface area contributed by atoms with Crippen molar-refractivity contribution in [2.75, 3.05) is 44.5 Å². The molecule has 5 heteroatoms. The molecule has 0 radical (unpaired) electrons. The number of nitrogens with two attached hydrogens (primary N) is 1. The van der Waals surface area contributed by atoms with Crippen molar-refractivity contribution in [1.82, 2.24) is 0 Å². The first-order valence-electron chi connectivity index (χ1n) is 5.38. The highest BCUT2D eigenvalue weighted by atomic mass is 16.5. The third-order valence-electron chi connectivity index (χ3n) is 2.18. The Labute approximate surface area is 101 Å². The van der Waals surface area contributed by atoms with Gasteiger partial charge in [-0.05, 0) is 18.2 Å². The Hall–Kier alpha value is -1.77. The summed E-state index contributed by atoms with van der Waals surface area (Å²) < 4.78 is 10.2. The molecule has 0 saturated heterocycles. The summed E-state index contributed by atoms with van der Waals surface area (Å²) >= 11 is 0. The van der Waals surface area contributed by atoms with Crippen LogP contribution in [0.3, 0.4) is 0 Å². The van der Waals surface area contributed by atoms with E-state index in [9.17, 15) is 0 Å². The zero-order valence-electron chi connectivity index (χ0n) is 9.90. The van der Waals surface area contributed by atoms with Gasteiger partial charge in [-0.3, -0.25) is 0 Å². The maximum Gasteiger partial charge on any atom is 0.0992 e. The van der Waals surface area contributed by atoms with E-state index in [1.54, 1.807) is 25.3 Å². The van der Waals surface area contributed by atoms with Gasteiger partial charge in [0, 0.05) is 13.7 Å². The van der Waals surface area contributed by atoms with Crippen LogP contribution in [-0.4, -0.2) is 33.5 Å². The molecular weight excluding hydrogens is 218 g/mol. The number of nitrogens with zero attached hydrogens (tertiary/aromatic N) is 1. The van der Waals surface area contributed by atoms with Gasteiger partial charge in [0.05, 0.1) is 42.8 Å². The normalized spacial score (nSPS) is 9.88. The fourth-order valence-electron chi connectivity index (χ4n) is 1.28. The minimum absolute atomic E-state index is 0.569. The Morgan fingerprint density at radius 3 is 2.88 bits per heavy atom. The summed E-state index contributed by atoms with van der Waals surface area (Å²) in [6.45, 7) is 2.38. The largest absolute Gasteiger partial charge is 0.397 e. The van der Waals surface area contributed by atoms with E-state index in [1.807, 2.05) is 0 Å². The van der Waals surface area contributed by atoms with Crippen molar-refractivity contribution < 1.29 is 9.47 Å². The van der Waals surface area contributed by atoms with Crippen LogP contribution in [-0.2, 0) is 9.47 Å². The Bertz CT molecular complexity index is 388. The van der Waals surface area contributed by atoms with Crippen LogP contribution < -0.4 is 11.1 Å². The van der Waals surface area contributed by atoms with E-state index in [0.29, 0.717) is 37.6 Å².